The van der Waals surface area contributed by atoms with Crippen LogP contribution < -0.4 is 14.8 Å². The van der Waals surface area contributed by atoms with Crippen LogP contribution in [0.5, 0.6) is 11.5 Å². The highest BCUT2D eigenvalue weighted by molar-refractivity contribution is 5.80. The molecule has 2 aliphatic rings. The summed E-state index contributed by atoms with van der Waals surface area (Å²) < 4.78 is 16.7. The molecular weight excluding hydrogens is 330 g/mol. The molecule has 0 saturated carbocycles. The summed E-state index contributed by atoms with van der Waals surface area (Å²) in [6.45, 7) is 10.0. The summed E-state index contributed by atoms with van der Waals surface area (Å²) in [5.41, 5.74) is 1.45. The SMILES string of the molecule is CCNC(=NCc1ccc(OC)c(OCC)c1)N1CCC2(CCOC2)C1. The Bertz CT molecular complexity index is 627. The van der Waals surface area contributed by atoms with Gasteiger partial charge in [0.2, 0.25) is 0 Å². The zero-order chi connectivity index (χ0) is 18.4. The zero-order valence-electron chi connectivity index (χ0n) is 16.2. The summed E-state index contributed by atoms with van der Waals surface area (Å²) >= 11 is 0. The molecular formula is C20H31N3O3. The van der Waals surface area contributed by atoms with Gasteiger partial charge in [0.15, 0.2) is 17.5 Å². The highest BCUT2D eigenvalue weighted by Crippen LogP contribution is 2.38. The molecule has 6 heteroatoms. The smallest absolute Gasteiger partial charge is 0.194 e. The molecule has 2 heterocycles. The molecule has 6 nitrogen and oxygen atoms in total. The van der Waals surface area contributed by atoms with Crippen LogP contribution in [0.25, 0.3) is 0 Å². The Hall–Kier alpha value is -1.95. The molecule has 3 rings (SSSR count). The van der Waals surface area contributed by atoms with Crippen LogP contribution in [0.1, 0.15) is 32.3 Å². The van der Waals surface area contributed by atoms with Crippen LogP contribution in [0.15, 0.2) is 23.2 Å². The lowest BCUT2D eigenvalue weighted by atomic mass is 9.87. The molecule has 0 aliphatic carbocycles. The van der Waals surface area contributed by atoms with Crippen LogP contribution >= 0.6 is 0 Å². The molecule has 26 heavy (non-hydrogen) atoms. The predicted molar refractivity (Wildman–Crippen MR) is 103 cm³/mol. The number of benzene rings is 1. The van der Waals surface area contributed by atoms with Gasteiger partial charge in [-0.1, -0.05) is 6.07 Å². The quantitative estimate of drug-likeness (QED) is 0.624. The van der Waals surface area contributed by atoms with Crippen LogP contribution in [0.4, 0.5) is 0 Å². The van der Waals surface area contributed by atoms with E-state index in [0.717, 1.165) is 55.9 Å². The fourth-order valence-electron chi connectivity index (χ4n) is 3.77. The maximum absolute atomic E-state index is 5.67. The van der Waals surface area contributed by atoms with E-state index in [1.54, 1.807) is 7.11 Å². The summed E-state index contributed by atoms with van der Waals surface area (Å²) in [5.74, 6) is 2.52. The van der Waals surface area contributed by atoms with Crippen LogP contribution in [0.2, 0.25) is 0 Å². The fraction of sp³-hybridized carbons (Fsp3) is 0.650. The van der Waals surface area contributed by atoms with Crippen LogP contribution in [0.3, 0.4) is 0 Å². The van der Waals surface area contributed by atoms with Gasteiger partial charge in [-0.2, -0.15) is 0 Å². The van der Waals surface area contributed by atoms with Crippen molar-refractivity contribution >= 4 is 5.96 Å². The van der Waals surface area contributed by atoms with E-state index >= 15 is 0 Å². The third-order valence-electron chi connectivity index (χ3n) is 5.20. The number of hydrogen-bond acceptors (Lipinski definition) is 4. The third-order valence-corrected chi connectivity index (χ3v) is 5.20. The van der Waals surface area contributed by atoms with Gasteiger partial charge in [-0.15, -0.1) is 0 Å². The first-order chi connectivity index (χ1) is 12.7. The van der Waals surface area contributed by atoms with Crippen molar-refractivity contribution in [2.75, 3.05) is 46.6 Å². The molecule has 2 saturated heterocycles. The summed E-state index contributed by atoms with van der Waals surface area (Å²) in [6.07, 6.45) is 2.35. The first kappa shape index (κ1) is 18.8. The van der Waals surface area contributed by atoms with Gasteiger partial charge in [0.05, 0.1) is 26.9 Å². The van der Waals surface area contributed by atoms with Gasteiger partial charge >= 0.3 is 0 Å². The van der Waals surface area contributed by atoms with Crippen LogP contribution in [0, 0.1) is 5.41 Å². The van der Waals surface area contributed by atoms with Crippen LogP contribution in [-0.2, 0) is 11.3 Å². The average Bonchev–Trinajstić information content (AvgIpc) is 3.29. The molecule has 0 bridgehead atoms. The highest BCUT2D eigenvalue weighted by Gasteiger charge is 2.42. The summed E-state index contributed by atoms with van der Waals surface area (Å²) in [5, 5.41) is 3.44. The minimum Gasteiger partial charge on any atom is -0.493 e. The van der Waals surface area contributed by atoms with Gasteiger partial charge in [-0.05, 0) is 44.4 Å². The second-order valence-electron chi connectivity index (χ2n) is 7.06. The van der Waals surface area contributed by atoms with Gasteiger partial charge < -0.3 is 24.4 Å². The molecule has 0 amide bonds. The number of rotatable bonds is 6. The standard InChI is InChI=1S/C20H31N3O3/c1-4-21-19(23-10-8-20(14-23)9-11-25-15-20)22-13-16-6-7-17(24-3)18(12-16)26-5-2/h6-7,12H,4-5,8-11,13-15H2,1-3H3,(H,21,22). The van der Waals surface area contributed by atoms with E-state index in [9.17, 15) is 0 Å². The van der Waals surface area contributed by atoms with Crippen molar-refractivity contribution in [2.24, 2.45) is 10.4 Å². The normalized spacial score (nSPS) is 22.9. The maximum Gasteiger partial charge on any atom is 0.194 e. The van der Waals surface area contributed by atoms with Crippen molar-refractivity contribution in [3.63, 3.8) is 0 Å². The van der Waals surface area contributed by atoms with Gasteiger partial charge in [0, 0.05) is 31.7 Å². The molecule has 2 aliphatic heterocycles. The molecule has 2 fully saturated rings. The first-order valence-electron chi connectivity index (χ1n) is 9.60. The largest absolute Gasteiger partial charge is 0.493 e. The minimum atomic E-state index is 0.332. The number of aliphatic imine (C=N–C) groups is 1. The number of hydrogen-bond donors (Lipinski definition) is 1. The molecule has 1 unspecified atom stereocenters. The molecule has 1 spiro atoms. The monoisotopic (exact) mass is 361 g/mol. The van der Waals surface area contributed by atoms with E-state index in [4.69, 9.17) is 19.2 Å². The fourth-order valence-corrected chi connectivity index (χ4v) is 3.77. The summed E-state index contributed by atoms with van der Waals surface area (Å²) in [7, 11) is 1.66. The lowest BCUT2D eigenvalue weighted by molar-refractivity contribution is 0.156. The Balaban J connectivity index is 1.70. The number of guanidine groups is 1. The predicted octanol–water partition coefficient (Wildman–Crippen LogP) is 2.67. The summed E-state index contributed by atoms with van der Waals surface area (Å²) in [6, 6.07) is 6.01. The number of methoxy groups -OCH3 is 1. The van der Waals surface area contributed by atoms with E-state index in [1.807, 2.05) is 25.1 Å². The van der Waals surface area contributed by atoms with E-state index in [-0.39, 0.29) is 0 Å². The molecule has 0 aromatic heterocycles. The number of ether oxygens (including phenoxy) is 3. The Morgan fingerprint density at radius 2 is 2.19 bits per heavy atom. The second kappa shape index (κ2) is 8.62. The van der Waals surface area contributed by atoms with E-state index in [1.165, 1.54) is 12.8 Å². The number of nitrogens with zero attached hydrogens (tertiary/aromatic N) is 2. The van der Waals surface area contributed by atoms with Gasteiger partial charge in [-0.25, -0.2) is 4.99 Å². The number of nitrogens with one attached hydrogen (secondary N) is 1. The minimum absolute atomic E-state index is 0.332. The Kier molecular flexibility index (Phi) is 6.25. The maximum atomic E-state index is 5.67. The topological polar surface area (TPSA) is 55.3 Å². The Labute approximate surface area is 156 Å². The van der Waals surface area contributed by atoms with Crippen molar-refractivity contribution in [1.29, 1.82) is 0 Å². The van der Waals surface area contributed by atoms with Crippen LogP contribution in [-0.4, -0.2) is 57.4 Å². The second-order valence-corrected chi connectivity index (χ2v) is 7.06. The van der Waals surface area contributed by atoms with Gasteiger partial charge in [0.25, 0.3) is 0 Å². The Morgan fingerprint density at radius 3 is 2.88 bits per heavy atom. The van der Waals surface area contributed by atoms with E-state index < -0.39 is 0 Å². The van der Waals surface area contributed by atoms with Crippen molar-refractivity contribution in [3.8, 4) is 11.5 Å². The van der Waals surface area contributed by atoms with E-state index in [2.05, 4.69) is 17.1 Å². The zero-order valence-corrected chi connectivity index (χ0v) is 16.2. The number of likely N-dealkylation sites (tertiary alicyclic amines) is 1. The molecule has 1 atom stereocenters. The average molecular weight is 361 g/mol. The highest BCUT2D eigenvalue weighted by atomic mass is 16.5. The third kappa shape index (κ3) is 4.23. The molecule has 1 aromatic carbocycles. The van der Waals surface area contributed by atoms with Gasteiger partial charge in [0.1, 0.15) is 0 Å². The lowest BCUT2D eigenvalue weighted by Crippen LogP contribution is -2.41. The van der Waals surface area contributed by atoms with Crippen molar-refractivity contribution < 1.29 is 14.2 Å². The van der Waals surface area contributed by atoms with Crippen molar-refractivity contribution in [3.05, 3.63) is 23.8 Å². The van der Waals surface area contributed by atoms with Crippen molar-refractivity contribution in [1.82, 2.24) is 10.2 Å². The summed E-state index contributed by atoms with van der Waals surface area (Å²) in [4.78, 5) is 7.25. The molecule has 1 N–H and O–H groups in total. The molecule has 0 radical (unpaired) electrons. The van der Waals surface area contributed by atoms with E-state index in [0.29, 0.717) is 18.6 Å². The molecule has 144 valence electrons. The van der Waals surface area contributed by atoms with Crippen molar-refractivity contribution in [2.45, 2.75) is 33.2 Å². The van der Waals surface area contributed by atoms with Gasteiger partial charge in [-0.3, -0.25) is 0 Å². The first-order valence-corrected chi connectivity index (χ1v) is 9.60. The molecule has 1 aromatic rings. The lowest BCUT2D eigenvalue weighted by Gasteiger charge is -2.25. The Morgan fingerprint density at radius 1 is 1.31 bits per heavy atom.